The molecule has 1 aliphatic heterocycles. The molecular weight excluding hydrogens is 246 g/mol. The minimum atomic E-state index is 0.524. The highest BCUT2D eigenvalue weighted by Gasteiger charge is 2.25. The summed E-state index contributed by atoms with van der Waals surface area (Å²) in [6.07, 6.45) is 1.10. The van der Waals surface area contributed by atoms with Crippen molar-refractivity contribution in [3.63, 3.8) is 0 Å². The lowest BCUT2D eigenvalue weighted by Crippen LogP contribution is -2.50. The first-order valence-electron chi connectivity index (χ1n) is 5.18. The Hall–Kier alpha value is 0.360. The van der Waals surface area contributed by atoms with Gasteiger partial charge >= 0.3 is 0 Å². The van der Waals surface area contributed by atoms with Gasteiger partial charge in [0.2, 0.25) is 0 Å². The first-order chi connectivity index (χ1) is 6.79. The monoisotopic (exact) mass is 265 g/mol. The van der Waals surface area contributed by atoms with Crippen molar-refractivity contribution in [1.82, 2.24) is 4.90 Å². The zero-order chi connectivity index (χ0) is 10.4. The van der Waals surface area contributed by atoms with Crippen LogP contribution in [-0.4, -0.2) is 55.8 Å². The van der Waals surface area contributed by atoms with Crippen LogP contribution in [0.15, 0.2) is 0 Å². The van der Waals surface area contributed by atoms with E-state index in [1.54, 1.807) is 7.11 Å². The molecule has 0 aromatic heterocycles. The molecule has 2 unspecified atom stereocenters. The van der Waals surface area contributed by atoms with Gasteiger partial charge in [-0.3, -0.25) is 4.90 Å². The summed E-state index contributed by atoms with van der Waals surface area (Å²) >= 11 is 3.53. The average molecular weight is 266 g/mol. The molecule has 0 aromatic rings. The summed E-state index contributed by atoms with van der Waals surface area (Å²) in [6.45, 7) is 5.86. The molecular formula is C10H20BrNO2. The van der Waals surface area contributed by atoms with Crippen LogP contribution >= 0.6 is 15.9 Å². The van der Waals surface area contributed by atoms with E-state index >= 15 is 0 Å². The molecule has 0 aliphatic carbocycles. The SMILES string of the molecule is COCCC(C)N1CCOCC1CBr. The molecule has 0 N–H and O–H groups in total. The van der Waals surface area contributed by atoms with Crippen LogP contribution in [0.1, 0.15) is 13.3 Å². The van der Waals surface area contributed by atoms with Gasteiger partial charge in [-0.05, 0) is 13.3 Å². The second-order valence-electron chi connectivity index (χ2n) is 3.75. The van der Waals surface area contributed by atoms with Gasteiger partial charge in [0.15, 0.2) is 0 Å². The van der Waals surface area contributed by atoms with Gasteiger partial charge < -0.3 is 9.47 Å². The maximum Gasteiger partial charge on any atom is 0.0630 e. The van der Waals surface area contributed by atoms with E-state index in [-0.39, 0.29) is 0 Å². The highest BCUT2D eigenvalue weighted by Crippen LogP contribution is 2.15. The van der Waals surface area contributed by atoms with Crippen LogP contribution in [0.25, 0.3) is 0 Å². The first kappa shape index (κ1) is 12.4. The highest BCUT2D eigenvalue weighted by atomic mass is 79.9. The van der Waals surface area contributed by atoms with Gasteiger partial charge in [0.25, 0.3) is 0 Å². The minimum absolute atomic E-state index is 0.524. The van der Waals surface area contributed by atoms with E-state index < -0.39 is 0 Å². The van der Waals surface area contributed by atoms with E-state index in [9.17, 15) is 0 Å². The van der Waals surface area contributed by atoms with Crippen LogP contribution in [0, 0.1) is 0 Å². The van der Waals surface area contributed by atoms with Crippen molar-refractivity contribution in [2.45, 2.75) is 25.4 Å². The zero-order valence-corrected chi connectivity index (χ0v) is 10.6. The summed E-state index contributed by atoms with van der Waals surface area (Å²) in [5.74, 6) is 0. The molecule has 0 aromatic carbocycles. The third kappa shape index (κ3) is 3.50. The maximum absolute atomic E-state index is 5.45. The van der Waals surface area contributed by atoms with E-state index in [1.807, 2.05) is 0 Å². The van der Waals surface area contributed by atoms with Crippen molar-refractivity contribution in [1.29, 1.82) is 0 Å². The Kier molecular flexibility index (Phi) is 6.01. The number of methoxy groups -OCH3 is 1. The molecule has 0 bridgehead atoms. The largest absolute Gasteiger partial charge is 0.385 e. The number of morpholine rings is 1. The first-order valence-corrected chi connectivity index (χ1v) is 6.30. The molecule has 1 rings (SSSR count). The lowest BCUT2D eigenvalue weighted by Gasteiger charge is -2.38. The molecule has 3 nitrogen and oxygen atoms in total. The normalized spacial score (nSPS) is 26.4. The summed E-state index contributed by atoms with van der Waals surface area (Å²) in [4.78, 5) is 2.51. The predicted molar refractivity (Wildman–Crippen MR) is 61.1 cm³/mol. The number of ether oxygens (including phenoxy) is 2. The van der Waals surface area contributed by atoms with Gasteiger partial charge in [0, 0.05) is 37.7 Å². The van der Waals surface area contributed by atoms with E-state index in [0.29, 0.717) is 12.1 Å². The van der Waals surface area contributed by atoms with Crippen LogP contribution in [0.4, 0.5) is 0 Å². The number of nitrogens with zero attached hydrogens (tertiary/aromatic N) is 1. The quantitative estimate of drug-likeness (QED) is 0.704. The average Bonchev–Trinajstić information content (AvgIpc) is 2.25. The fraction of sp³-hybridized carbons (Fsp3) is 1.00. The molecule has 0 saturated carbocycles. The Bertz CT molecular complexity index is 157. The smallest absolute Gasteiger partial charge is 0.0630 e. The third-order valence-corrected chi connectivity index (χ3v) is 3.50. The van der Waals surface area contributed by atoms with Gasteiger partial charge in [-0.1, -0.05) is 15.9 Å². The summed E-state index contributed by atoms with van der Waals surface area (Å²) in [6, 6.07) is 1.11. The molecule has 84 valence electrons. The van der Waals surface area contributed by atoms with Crippen molar-refractivity contribution < 1.29 is 9.47 Å². The Morgan fingerprint density at radius 1 is 1.64 bits per heavy atom. The molecule has 14 heavy (non-hydrogen) atoms. The van der Waals surface area contributed by atoms with Crippen LogP contribution in [0.5, 0.6) is 0 Å². The summed E-state index contributed by atoms with van der Waals surface area (Å²) in [7, 11) is 1.76. The highest BCUT2D eigenvalue weighted by molar-refractivity contribution is 9.09. The second kappa shape index (κ2) is 6.77. The number of alkyl halides is 1. The van der Waals surface area contributed by atoms with Gasteiger partial charge in [0.1, 0.15) is 0 Å². The lowest BCUT2D eigenvalue weighted by atomic mass is 10.1. The van der Waals surface area contributed by atoms with Gasteiger partial charge in [-0.15, -0.1) is 0 Å². The molecule has 4 heteroatoms. The predicted octanol–water partition coefficient (Wildman–Crippen LogP) is 1.51. The topological polar surface area (TPSA) is 21.7 Å². The fourth-order valence-corrected chi connectivity index (χ4v) is 2.39. The summed E-state index contributed by atoms with van der Waals surface area (Å²) in [5, 5.41) is 0.990. The van der Waals surface area contributed by atoms with Crippen molar-refractivity contribution in [3.05, 3.63) is 0 Å². The van der Waals surface area contributed by atoms with Crippen molar-refractivity contribution in [2.24, 2.45) is 0 Å². The third-order valence-electron chi connectivity index (χ3n) is 2.76. The Balaban J connectivity index is 2.37. The van der Waals surface area contributed by atoms with Crippen LogP contribution in [0.3, 0.4) is 0 Å². The van der Waals surface area contributed by atoms with Gasteiger partial charge in [-0.2, -0.15) is 0 Å². The van der Waals surface area contributed by atoms with Gasteiger partial charge in [0.05, 0.1) is 13.2 Å². The lowest BCUT2D eigenvalue weighted by molar-refractivity contribution is -0.0214. The van der Waals surface area contributed by atoms with E-state index in [4.69, 9.17) is 9.47 Å². The summed E-state index contributed by atoms with van der Waals surface area (Å²) in [5.41, 5.74) is 0. The van der Waals surface area contributed by atoms with Crippen LogP contribution in [0.2, 0.25) is 0 Å². The molecule has 0 spiro atoms. The number of rotatable bonds is 5. The Morgan fingerprint density at radius 3 is 3.07 bits per heavy atom. The molecule has 1 heterocycles. The molecule has 1 aliphatic rings. The number of halogens is 1. The van der Waals surface area contributed by atoms with Crippen LogP contribution in [-0.2, 0) is 9.47 Å². The maximum atomic E-state index is 5.45. The standard InChI is InChI=1S/C10H20BrNO2/c1-9(3-5-13-2)12-4-6-14-8-10(12)7-11/h9-10H,3-8H2,1-2H3. The van der Waals surface area contributed by atoms with Crippen molar-refractivity contribution in [3.8, 4) is 0 Å². The fourth-order valence-electron chi connectivity index (χ4n) is 1.84. The number of hydrogen-bond acceptors (Lipinski definition) is 3. The summed E-state index contributed by atoms with van der Waals surface area (Å²) < 4.78 is 10.6. The van der Waals surface area contributed by atoms with E-state index in [2.05, 4.69) is 27.8 Å². The molecule has 2 atom stereocenters. The minimum Gasteiger partial charge on any atom is -0.385 e. The van der Waals surface area contributed by atoms with Crippen LogP contribution < -0.4 is 0 Å². The van der Waals surface area contributed by atoms with Crippen molar-refractivity contribution in [2.75, 3.05) is 38.8 Å². The van der Waals surface area contributed by atoms with E-state index in [1.165, 1.54) is 0 Å². The van der Waals surface area contributed by atoms with Gasteiger partial charge in [-0.25, -0.2) is 0 Å². The zero-order valence-electron chi connectivity index (χ0n) is 9.04. The second-order valence-corrected chi connectivity index (χ2v) is 4.40. The molecule has 1 fully saturated rings. The molecule has 1 saturated heterocycles. The number of hydrogen-bond donors (Lipinski definition) is 0. The van der Waals surface area contributed by atoms with E-state index in [0.717, 1.165) is 38.1 Å². The van der Waals surface area contributed by atoms with Crippen molar-refractivity contribution >= 4 is 15.9 Å². The molecule has 0 amide bonds. The Labute approximate surface area is 94.9 Å². The Morgan fingerprint density at radius 2 is 2.43 bits per heavy atom. The molecule has 0 radical (unpaired) electrons.